The van der Waals surface area contributed by atoms with E-state index in [9.17, 15) is 4.91 Å². The lowest BCUT2D eigenvalue weighted by Crippen LogP contribution is -1.93. The van der Waals surface area contributed by atoms with Crippen molar-refractivity contribution in [2.45, 2.75) is 26.7 Å². The van der Waals surface area contributed by atoms with Crippen molar-refractivity contribution in [3.8, 4) is 0 Å². The second-order valence-corrected chi connectivity index (χ2v) is 2.15. The van der Waals surface area contributed by atoms with Crippen LogP contribution in [0.25, 0.3) is 0 Å². The van der Waals surface area contributed by atoms with Crippen molar-refractivity contribution >= 4 is 0 Å². The Kier molecular flexibility index (Phi) is 4.51. The average Bonchev–Trinajstić information content (AvgIpc) is 1.83. The Labute approximate surface area is 50.3 Å². The van der Waals surface area contributed by atoms with E-state index in [1.807, 2.05) is 0 Å². The number of nitrogens with zero attached hydrogens (tertiary/aromatic N) is 1. The van der Waals surface area contributed by atoms with Gasteiger partial charge in [0.1, 0.15) is 0 Å². The summed E-state index contributed by atoms with van der Waals surface area (Å²) in [6.45, 7) is 4.73. The van der Waals surface area contributed by atoms with E-state index in [0.29, 0.717) is 12.5 Å². The first-order valence-electron chi connectivity index (χ1n) is 3.10. The standard InChI is InChI=1S/C6H13NO/c1-3-6(2)4-5-7-8/h6H,3-5H2,1-2H3/t6-/m1/s1. The highest BCUT2D eigenvalue weighted by Crippen LogP contribution is 2.04. The van der Waals surface area contributed by atoms with E-state index in [1.54, 1.807) is 0 Å². The molecule has 0 bridgehead atoms. The molecule has 0 spiro atoms. The fraction of sp³-hybridized carbons (Fsp3) is 1.00. The molecule has 0 rings (SSSR count). The SMILES string of the molecule is CC[C@@H](C)CCN=O. The van der Waals surface area contributed by atoms with Gasteiger partial charge in [0.2, 0.25) is 0 Å². The van der Waals surface area contributed by atoms with Gasteiger partial charge >= 0.3 is 0 Å². The van der Waals surface area contributed by atoms with E-state index in [4.69, 9.17) is 0 Å². The smallest absolute Gasteiger partial charge is 0.0813 e. The van der Waals surface area contributed by atoms with Gasteiger partial charge in [-0.15, -0.1) is 0 Å². The number of nitroso groups, excluding NO2 is 1. The molecule has 2 heteroatoms. The molecule has 0 saturated carbocycles. The van der Waals surface area contributed by atoms with Crippen LogP contribution in [0.15, 0.2) is 5.18 Å². The van der Waals surface area contributed by atoms with E-state index in [2.05, 4.69) is 19.0 Å². The molecule has 48 valence electrons. The summed E-state index contributed by atoms with van der Waals surface area (Å²) in [5.41, 5.74) is 0. The monoisotopic (exact) mass is 115 g/mol. The molecule has 0 unspecified atom stereocenters. The fourth-order valence-corrected chi connectivity index (χ4v) is 0.477. The first-order chi connectivity index (χ1) is 3.81. The summed E-state index contributed by atoms with van der Waals surface area (Å²) >= 11 is 0. The molecule has 0 aliphatic rings. The van der Waals surface area contributed by atoms with Crippen LogP contribution >= 0.6 is 0 Å². The molecule has 0 aromatic heterocycles. The molecule has 2 nitrogen and oxygen atoms in total. The van der Waals surface area contributed by atoms with Crippen molar-refractivity contribution in [3.63, 3.8) is 0 Å². The molecule has 0 heterocycles. The number of hydrogen-bond donors (Lipinski definition) is 0. The van der Waals surface area contributed by atoms with Gasteiger partial charge < -0.3 is 0 Å². The third kappa shape index (κ3) is 3.78. The van der Waals surface area contributed by atoms with Gasteiger partial charge in [0.15, 0.2) is 0 Å². The Bertz CT molecular complexity index is 63.5. The minimum absolute atomic E-state index is 0.481. The van der Waals surface area contributed by atoms with Crippen LogP contribution in [0.2, 0.25) is 0 Å². The van der Waals surface area contributed by atoms with E-state index < -0.39 is 0 Å². The van der Waals surface area contributed by atoms with Gasteiger partial charge in [0.05, 0.1) is 6.54 Å². The predicted octanol–water partition coefficient (Wildman–Crippen LogP) is 2.19. The number of hydrogen-bond acceptors (Lipinski definition) is 2. The molecule has 1 atom stereocenters. The van der Waals surface area contributed by atoms with Gasteiger partial charge in [-0.1, -0.05) is 25.4 Å². The minimum atomic E-state index is 0.481. The van der Waals surface area contributed by atoms with Crippen LogP contribution in [0.5, 0.6) is 0 Å². The van der Waals surface area contributed by atoms with Crippen molar-refractivity contribution < 1.29 is 0 Å². The van der Waals surface area contributed by atoms with Gasteiger partial charge in [0.25, 0.3) is 0 Å². The highest BCUT2D eigenvalue weighted by Gasteiger charge is 1.95. The fourth-order valence-electron chi connectivity index (χ4n) is 0.477. The van der Waals surface area contributed by atoms with E-state index in [1.165, 1.54) is 0 Å². The summed E-state index contributed by atoms with van der Waals surface area (Å²) in [4.78, 5) is 9.58. The first-order valence-corrected chi connectivity index (χ1v) is 3.10. The van der Waals surface area contributed by atoms with E-state index >= 15 is 0 Å². The lowest BCUT2D eigenvalue weighted by Gasteiger charge is -2.01. The molecule has 0 aliphatic carbocycles. The molecule has 0 amide bonds. The van der Waals surface area contributed by atoms with Crippen LogP contribution in [0, 0.1) is 10.8 Å². The maximum Gasteiger partial charge on any atom is 0.0813 e. The first kappa shape index (κ1) is 7.60. The van der Waals surface area contributed by atoms with Crippen molar-refractivity contribution in [2.75, 3.05) is 6.54 Å². The maximum atomic E-state index is 9.58. The van der Waals surface area contributed by atoms with Crippen LogP contribution < -0.4 is 0 Å². The second-order valence-electron chi connectivity index (χ2n) is 2.15. The van der Waals surface area contributed by atoms with Crippen molar-refractivity contribution in [2.24, 2.45) is 11.1 Å². The summed E-state index contributed by atoms with van der Waals surface area (Å²) in [5.74, 6) is 0.660. The Hall–Kier alpha value is -0.400. The average molecular weight is 115 g/mol. The molecule has 0 aromatic carbocycles. The molecule has 0 fully saturated rings. The predicted molar refractivity (Wildman–Crippen MR) is 34.7 cm³/mol. The lowest BCUT2D eigenvalue weighted by atomic mass is 10.1. The third-order valence-electron chi connectivity index (χ3n) is 1.41. The Morgan fingerprint density at radius 1 is 1.62 bits per heavy atom. The van der Waals surface area contributed by atoms with Crippen molar-refractivity contribution in [1.29, 1.82) is 0 Å². The van der Waals surface area contributed by atoms with Crippen LogP contribution in [0.3, 0.4) is 0 Å². The zero-order chi connectivity index (χ0) is 6.41. The zero-order valence-corrected chi connectivity index (χ0v) is 5.55. The Morgan fingerprint density at radius 2 is 2.25 bits per heavy atom. The zero-order valence-electron chi connectivity index (χ0n) is 5.55. The van der Waals surface area contributed by atoms with Gasteiger partial charge in [-0.2, -0.15) is 4.91 Å². The molecular weight excluding hydrogens is 102 g/mol. The lowest BCUT2D eigenvalue weighted by molar-refractivity contribution is 0.524. The van der Waals surface area contributed by atoms with Gasteiger partial charge in [-0.3, -0.25) is 0 Å². The molecule has 8 heavy (non-hydrogen) atoms. The third-order valence-corrected chi connectivity index (χ3v) is 1.41. The molecule has 0 saturated heterocycles. The van der Waals surface area contributed by atoms with Gasteiger partial charge in [-0.05, 0) is 12.3 Å². The quantitative estimate of drug-likeness (QED) is 0.516. The summed E-state index contributed by atoms with van der Waals surface area (Å²) in [7, 11) is 0. The Morgan fingerprint density at radius 3 is 2.62 bits per heavy atom. The summed E-state index contributed by atoms with van der Waals surface area (Å²) in [5, 5.41) is 2.77. The molecule has 0 N–H and O–H groups in total. The van der Waals surface area contributed by atoms with Crippen LogP contribution in [-0.4, -0.2) is 6.54 Å². The van der Waals surface area contributed by atoms with E-state index in [-0.39, 0.29) is 0 Å². The van der Waals surface area contributed by atoms with Crippen molar-refractivity contribution in [3.05, 3.63) is 4.91 Å². The van der Waals surface area contributed by atoms with Crippen LogP contribution in [0.1, 0.15) is 26.7 Å². The highest BCUT2D eigenvalue weighted by molar-refractivity contribution is 4.50. The Balaban J connectivity index is 2.97. The summed E-state index contributed by atoms with van der Waals surface area (Å²) < 4.78 is 0. The normalized spacial score (nSPS) is 13.2. The second kappa shape index (κ2) is 4.75. The molecular formula is C6H13NO. The summed E-state index contributed by atoms with van der Waals surface area (Å²) in [6, 6.07) is 0. The minimum Gasteiger partial charge on any atom is -0.151 e. The molecule has 0 aliphatic heterocycles. The van der Waals surface area contributed by atoms with E-state index in [0.717, 1.165) is 12.8 Å². The maximum absolute atomic E-state index is 9.58. The van der Waals surface area contributed by atoms with Gasteiger partial charge in [-0.25, -0.2) is 0 Å². The van der Waals surface area contributed by atoms with Crippen LogP contribution in [0.4, 0.5) is 0 Å². The topological polar surface area (TPSA) is 29.4 Å². The van der Waals surface area contributed by atoms with Gasteiger partial charge in [0, 0.05) is 0 Å². The largest absolute Gasteiger partial charge is 0.151 e. The molecule has 0 radical (unpaired) electrons. The molecule has 0 aromatic rings. The number of rotatable bonds is 4. The van der Waals surface area contributed by atoms with Crippen LogP contribution in [-0.2, 0) is 0 Å². The highest BCUT2D eigenvalue weighted by atomic mass is 16.3. The van der Waals surface area contributed by atoms with Crippen molar-refractivity contribution in [1.82, 2.24) is 0 Å². The summed E-state index contributed by atoms with van der Waals surface area (Å²) in [6.07, 6.45) is 2.09.